The van der Waals surface area contributed by atoms with Crippen molar-refractivity contribution in [2.45, 2.75) is 37.2 Å². The second-order valence-corrected chi connectivity index (χ2v) is 6.30. The summed E-state index contributed by atoms with van der Waals surface area (Å²) in [6.07, 6.45) is 1.09. The molecule has 26 heavy (non-hydrogen) atoms. The van der Waals surface area contributed by atoms with E-state index in [1.807, 2.05) is 19.1 Å². The first-order chi connectivity index (χ1) is 12.4. The van der Waals surface area contributed by atoms with Crippen LogP contribution < -0.4 is 5.32 Å². The van der Waals surface area contributed by atoms with Gasteiger partial charge in [0.25, 0.3) is 11.7 Å². The van der Waals surface area contributed by atoms with Gasteiger partial charge in [-0.1, -0.05) is 19.1 Å². The number of pyridine rings is 1. The lowest BCUT2D eigenvalue weighted by Gasteiger charge is -2.14. The third-order valence-corrected chi connectivity index (χ3v) is 4.20. The fourth-order valence-corrected chi connectivity index (χ4v) is 2.64. The van der Waals surface area contributed by atoms with E-state index >= 15 is 0 Å². The summed E-state index contributed by atoms with van der Waals surface area (Å²) in [6, 6.07) is 10.0. The Morgan fingerprint density at radius 1 is 1.23 bits per heavy atom. The van der Waals surface area contributed by atoms with Gasteiger partial charge in [-0.2, -0.15) is 8.78 Å². The van der Waals surface area contributed by atoms with Crippen molar-refractivity contribution in [2.24, 2.45) is 0 Å². The number of rotatable bonds is 7. The van der Waals surface area contributed by atoms with Crippen LogP contribution in [-0.4, -0.2) is 28.7 Å². The van der Waals surface area contributed by atoms with Crippen LogP contribution in [0, 0.1) is 0 Å². The molecule has 1 aromatic carbocycles. The van der Waals surface area contributed by atoms with Gasteiger partial charge in [0.1, 0.15) is 5.03 Å². The van der Waals surface area contributed by atoms with Gasteiger partial charge in [0.2, 0.25) is 0 Å². The van der Waals surface area contributed by atoms with Crippen molar-refractivity contribution in [3.05, 3.63) is 53.7 Å². The molecule has 0 spiro atoms. The number of hydrogen-bond acceptors (Lipinski definition) is 5. The summed E-state index contributed by atoms with van der Waals surface area (Å²) in [4.78, 5) is 28.1. The van der Waals surface area contributed by atoms with Crippen molar-refractivity contribution in [3.63, 3.8) is 0 Å². The van der Waals surface area contributed by atoms with Crippen LogP contribution in [0.1, 0.15) is 29.8 Å². The van der Waals surface area contributed by atoms with Crippen molar-refractivity contribution >= 4 is 29.3 Å². The van der Waals surface area contributed by atoms with Crippen LogP contribution in [0.2, 0.25) is 0 Å². The summed E-state index contributed by atoms with van der Waals surface area (Å²) in [5.41, 5.74) is 1.60. The minimum atomic E-state index is -2.72. The van der Waals surface area contributed by atoms with E-state index in [-0.39, 0.29) is 22.4 Å². The van der Waals surface area contributed by atoms with Crippen LogP contribution in [0.3, 0.4) is 0 Å². The Hall–Kier alpha value is -2.48. The summed E-state index contributed by atoms with van der Waals surface area (Å²) in [7, 11) is 0. The quantitative estimate of drug-likeness (QED) is 0.577. The van der Waals surface area contributed by atoms with E-state index < -0.39 is 23.7 Å². The predicted molar refractivity (Wildman–Crippen MR) is 95.4 cm³/mol. The lowest BCUT2D eigenvalue weighted by molar-refractivity contribution is -0.123. The highest BCUT2D eigenvalue weighted by molar-refractivity contribution is 7.99. The number of carbonyl (C=O) groups excluding carboxylic acids is 2. The SMILES string of the molecule is CCc1ccc(NC(=O)[C@H](C)OC(=O)c2cccnc2SC(F)F)cc1. The topological polar surface area (TPSA) is 68.3 Å². The average Bonchev–Trinajstić information content (AvgIpc) is 2.62. The van der Waals surface area contributed by atoms with Crippen LogP contribution >= 0.6 is 11.8 Å². The zero-order valence-corrected chi connectivity index (χ0v) is 15.1. The summed E-state index contributed by atoms with van der Waals surface area (Å²) in [6.45, 7) is 3.43. The number of aromatic nitrogens is 1. The molecule has 8 heteroatoms. The molecule has 5 nitrogen and oxygen atoms in total. The smallest absolute Gasteiger partial charge is 0.341 e. The highest BCUT2D eigenvalue weighted by Gasteiger charge is 2.23. The number of nitrogens with zero attached hydrogens (tertiary/aromatic N) is 1. The first kappa shape index (κ1) is 19.8. The molecule has 1 amide bonds. The number of alkyl halides is 2. The first-order valence-electron chi connectivity index (χ1n) is 7.91. The summed E-state index contributed by atoms with van der Waals surface area (Å²) < 4.78 is 30.2. The van der Waals surface area contributed by atoms with Crippen LogP contribution in [0.25, 0.3) is 0 Å². The van der Waals surface area contributed by atoms with Gasteiger partial charge in [0.15, 0.2) is 6.10 Å². The van der Waals surface area contributed by atoms with E-state index in [0.717, 1.165) is 12.0 Å². The highest BCUT2D eigenvalue weighted by atomic mass is 32.2. The molecule has 1 atom stereocenters. The molecule has 0 aliphatic rings. The highest BCUT2D eigenvalue weighted by Crippen LogP contribution is 2.27. The lowest BCUT2D eigenvalue weighted by atomic mass is 10.1. The van der Waals surface area contributed by atoms with Gasteiger partial charge in [-0.25, -0.2) is 9.78 Å². The summed E-state index contributed by atoms with van der Waals surface area (Å²) in [5, 5.41) is 2.50. The van der Waals surface area contributed by atoms with E-state index in [0.29, 0.717) is 5.69 Å². The third kappa shape index (κ3) is 5.52. The summed E-state index contributed by atoms with van der Waals surface area (Å²) in [5.74, 6) is -4.12. The predicted octanol–water partition coefficient (Wildman–Crippen LogP) is 4.14. The van der Waals surface area contributed by atoms with E-state index in [9.17, 15) is 18.4 Å². The second kappa shape index (κ2) is 9.28. The largest absolute Gasteiger partial charge is 0.449 e. The maximum Gasteiger partial charge on any atom is 0.341 e. The Labute approximate surface area is 154 Å². The Morgan fingerprint density at radius 3 is 2.54 bits per heavy atom. The van der Waals surface area contributed by atoms with Crippen LogP contribution in [-0.2, 0) is 16.0 Å². The minimum absolute atomic E-state index is 0.107. The molecule has 0 saturated carbocycles. The van der Waals surface area contributed by atoms with E-state index in [1.165, 1.54) is 25.3 Å². The Kier molecular flexibility index (Phi) is 7.08. The van der Waals surface area contributed by atoms with Crippen LogP contribution in [0.15, 0.2) is 47.6 Å². The maximum atomic E-state index is 12.6. The number of anilines is 1. The number of amides is 1. The molecule has 2 aromatic rings. The van der Waals surface area contributed by atoms with E-state index in [1.54, 1.807) is 12.1 Å². The van der Waals surface area contributed by atoms with Gasteiger partial charge in [-0.05, 0) is 54.9 Å². The monoisotopic (exact) mass is 380 g/mol. The Balaban J connectivity index is 2.00. The molecule has 0 unspecified atom stereocenters. The fourth-order valence-electron chi connectivity index (χ4n) is 2.07. The summed E-state index contributed by atoms with van der Waals surface area (Å²) >= 11 is 0.149. The van der Waals surface area contributed by atoms with Crippen LogP contribution in [0.4, 0.5) is 14.5 Å². The van der Waals surface area contributed by atoms with Crippen molar-refractivity contribution < 1.29 is 23.1 Å². The normalized spacial score (nSPS) is 11.9. The first-order valence-corrected chi connectivity index (χ1v) is 8.79. The van der Waals surface area contributed by atoms with Gasteiger partial charge in [0, 0.05) is 11.9 Å². The van der Waals surface area contributed by atoms with Crippen molar-refractivity contribution in [3.8, 4) is 0 Å². The molecule has 0 fully saturated rings. The molecule has 2 rings (SSSR count). The third-order valence-electron chi connectivity index (χ3n) is 3.47. The number of thioether (sulfide) groups is 1. The zero-order chi connectivity index (χ0) is 19.1. The van der Waals surface area contributed by atoms with Crippen LogP contribution in [0.5, 0.6) is 0 Å². The van der Waals surface area contributed by atoms with Gasteiger partial charge in [0.05, 0.1) is 5.56 Å². The molecular weight excluding hydrogens is 362 g/mol. The number of hydrogen-bond donors (Lipinski definition) is 1. The maximum absolute atomic E-state index is 12.6. The molecule has 0 aliphatic heterocycles. The number of aryl methyl sites for hydroxylation is 1. The number of nitrogens with one attached hydrogen (secondary N) is 1. The zero-order valence-electron chi connectivity index (χ0n) is 14.2. The molecular formula is C18H18F2N2O3S. The van der Waals surface area contributed by atoms with Crippen molar-refractivity contribution in [2.75, 3.05) is 5.32 Å². The van der Waals surface area contributed by atoms with E-state index in [2.05, 4.69) is 10.3 Å². The van der Waals surface area contributed by atoms with Crippen molar-refractivity contribution in [1.82, 2.24) is 4.98 Å². The van der Waals surface area contributed by atoms with Gasteiger partial charge >= 0.3 is 5.97 Å². The number of benzene rings is 1. The molecule has 1 N–H and O–H groups in total. The molecule has 1 heterocycles. The number of esters is 1. The number of carbonyl (C=O) groups is 2. The molecule has 138 valence electrons. The Bertz CT molecular complexity index is 769. The number of ether oxygens (including phenoxy) is 1. The average molecular weight is 380 g/mol. The molecule has 0 radical (unpaired) electrons. The molecule has 0 bridgehead atoms. The lowest BCUT2D eigenvalue weighted by Crippen LogP contribution is -2.30. The molecule has 0 saturated heterocycles. The van der Waals surface area contributed by atoms with Gasteiger partial charge in [-0.3, -0.25) is 4.79 Å². The van der Waals surface area contributed by atoms with Crippen molar-refractivity contribution in [1.29, 1.82) is 0 Å². The van der Waals surface area contributed by atoms with Gasteiger partial charge in [-0.15, -0.1) is 0 Å². The van der Waals surface area contributed by atoms with Gasteiger partial charge < -0.3 is 10.1 Å². The fraction of sp³-hybridized carbons (Fsp3) is 0.278. The molecule has 1 aromatic heterocycles. The minimum Gasteiger partial charge on any atom is -0.449 e. The Morgan fingerprint density at radius 2 is 1.92 bits per heavy atom. The second-order valence-electron chi connectivity index (χ2n) is 5.32. The standard InChI is InChI=1S/C18H18F2N2O3S/c1-3-12-6-8-13(9-7-12)22-15(23)11(2)25-17(24)14-5-4-10-21-16(14)26-18(19)20/h4-11,18H,3H2,1-2H3,(H,22,23)/t11-/m0/s1. The molecule has 0 aliphatic carbocycles. The van der Waals surface area contributed by atoms with E-state index in [4.69, 9.17) is 4.74 Å². The number of halogens is 2.